The normalized spacial score (nSPS) is 25.1. The van der Waals surface area contributed by atoms with Crippen LogP contribution in [0.5, 0.6) is 5.75 Å². The summed E-state index contributed by atoms with van der Waals surface area (Å²) in [6.07, 6.45) is 1.85. The van der Waals surface area contributed by atoms with Crippen molar-refractivity contribution in [1.29, 1.82) is 0 Å². The summed E-state index contributed by atoms with van der Waals surface area (Å²) in [7, 11) is 1.57. The van der Waals surface area contributed by atoms with Crippen LogP contribution in [0.1, 0.15) is 38.2 Å². The molecular weight excluding hydrogens is 400 g/mol. The van der Waals surface area contributed by atoms with E-state index in [-0.39, 0.29) is 18.4 Å². The summed E-state index contributed by atoms with van der Waals surface area (Å²) in [4.78, 5) is 40.4. The van der Waals surface area contributed by atoms with Gasteiger partial charge in [-0.15, -0.1) is 0 Å². The second-order valence-electron chi connectivity index (χ2n) is 8.40. The Bertz CT molecular complexity index is 824. The predicted octanol–water partition coefficient (Wildman–Crippen LogP) is -0.298. The van der Waals surface area contributed by atoms with Crippen molar-refractivity contribution in [3.63, 3.8) is 0 Å². The van der Waals surface area contributed by atoms with Crippen molar-refractivity contribution in [3.05, 3.63) is 29.8 Å². The molecule has 2 heterocycles. The number of nitrogens with two attached hydrogens (primary N) is 1. The van der Waals surface area contributed by atoms with E-state index in [1.807, 2.05) is 24.3 Å². The molecule has 9 heteroatoms. The van der Waals surface area contributed by atoms with Crippen LogP contribution in [-0.4, -0.2) is 71.7 Å². The molecule has 3 amide bonds. The summed E-state index contributed by atoms with van der Waals surface area (Å²) < 4.78 is 5.31. The molecule has 2 aliphatic heterocycles. The second kappa shape index (κ2) is 9.65. The Morgan fingerprint density at radius 3 is 2.77 bits per heavy atom. The highest BCUT2D eigenvalue weighted by Crippen LogP contribution is 2.35. The van der Waals surface area contributed by atoms with Gasteiger partial charge in [-0.3, -0.25) is 14.4 Å². The van der Waals surface area contributed by atoms with Crippen LogP contribution < -0.4 is 21.1 Å². The highest BCUT2D eigenvalue weighted by atomic mass is 16.5. The number of rotatable bonds is 8. The first-order valence-electron chi connectivity index (χ1n) is 10.7. The molecular formula is C22H32N4O5. The number of carbonyl (C=O) groups excluding carboxylic acids is 3. The van der Waals surface area contributed by atoms with Gasteiger partial charge in [-0.05, 0) is 56.8 Å². The number of hydrogen-bond acceptors (Lipinski definition) is 6. The Morgan fingerprint density at radius 2 is 2.16 bits per heavy atom. The monoisotopic (exact) mass is 432 g/mol. The van der Waals surface area contributed by atoms with Crippen molar-refractivity contribution in [3.8, 4) is 5.75 Å². The minimum Gasteiger partial charge on any atom is -0.497 e. The van der Waals surface area contributed by atoms with E-state index in [4.69, 9.17) is 10.5 Å². The van der Waals surface area contributed by atoms with Gasteiger partial charge >= 0.3 is 0 Å². The second-order valence-corrected chi connectivity index (χ2v) is 8.40. The van der Waals surface area contributed by atoms with Crippen LogP contribution in [0.25, 0.3) is 0 Å². The van der Waals surface area contributed by atoms with Gasteiger partial charge in [-0.25, -0.2) is 0 Å². The molecule has 2 aliphatic rings. The van der Waals surface area contributed by atoms with Gasteiger partial charge in [0.15, 0.2) is 0 Å². The number of aliphatic hydroxyl groups is 1. The van der Waals surface area contributed by atoms with Crippen LogP contribution in [0.2, 0.25) is 0 Å². The Balaban J connectivity index is 1.96. The number of ether oxygens (including phenoxy) is 1. The maximum Gasteiger partial charge on any atom is 0.247 e. The van der Waals surface area contributed by atoms with Crippen molar-refractivity contribution in [1.82, 2.24) is 15.5 Å². The Hall–Kier alpha value is -2.65. The summed E-state index contributed by atoms with van der Waals surface area (Å²) in [6.45, 7) is 2.61. The highest BCUT2D eigenvalue weighted by Gasteiger charge is 2.51. The van der Waals surface area contributed by atoms with Gasteiger partial charge in [-0.2, -0.15) is 0 Å². The lowest BCUT2D eigenvalue weighted by molar-refractivity contribution is -0.147. The molecule has 0 saturated carbocycles. The van der Waals surface area contributed by atoms with Crippen LogP contribution in [0.15, 0.2) is 24.3 Å². The van der Waals surface area contributed by atoms with Crippen LogP contribution in [0, 0.1) is 0 Å². The van der Waals surface area contributed by atoms with Gasteiger partial charge in [0.2, 0.25) is 17.7 Å². The number of nitrogens with zero attached hydrogens (tertiary/aromatic N) is 1. The van der Waals surface area contributed by atoms with E-state index < -0.39 is 29.5 Å². The lowest BCUT2D eigenvalue weighted by Gasteiger charge is -2.39. The van der Waals surface area contributed by atoms with Crippen molar-refractivity contribution in [2.24, 2.45) is 5.73 Å². The molecule has 2 saturated heterocycles. The molecule has 1 aromatic rings. The minimum absolute atomic E-state index is 0.110. The smallest absolute Gasteiger partial charge is 0.247 e. The quantitative estimate of drug-likeness (QED) is 0.446. The van der Waals surface area contributed by atoms with Gasteiger partial charge in [0, 0.05) is 13.0 Å². The van der Waals surface area contributed by atoms with E-state index in [1.165, 1.54) is 6.92 Å². The van der Waals surface area contributed by atoms with Crippen LogP contribution in [0.3, 0.4) is 0 Å². The number of aliphatic hydroxyl groups excluding tert-OH is 1. The largest absolute Gasteiger partial charge is 0.497 e. The summed E-state index contributed by atoms with van der Waals surface area (Å²) in [6, 6.07) is 5.81. The lowest BCUT2D eigenvalue weighted by atomic mass is 9.86. The van der Waals surface area contributed by atoms with Gasteiger partial charge in [0.25, 0.3) is 0 Å². The maximum absolute atomic E-state index is 13.6. The van der Waals surface area contributed by atoms with Gasteiger partial charge in [0.05, 0.1) is 19.3 Å². The van der Waals surface area contributed by atoms with E-state index in [0.29, 0.717) is 25.1 Å². The van der Waals surface area contributed by atoms with E-state index in [0.717, 1.165) is 24.9 Å². The zero-order valence-electron chi connectivity index (χ0n) is 18.1. The standard InChI is InChI=1S/C22H32N4O5/c1-14(27)18(19(23)28)25-21(30)22(13-15-6-3-7-16(12-15)31-2)9-5-11-26(22)20(29)17-8-4-10-24-17/h3,6-7,12,14,17-18,24,27H,4-5,8-11,13H2,1-2H3,(H2,23,28)(H,25,30)/t14-,17?,18+,22?/m1/s1. The van der Waals surface area contributed by atoms with Crippen LogP contribution in [0.4, 0.5) is 0 Å². The number of benzene rings is 1. The Labute approximate surface area is 182 Å². The molecule has 0 spiro atoms. The first-order chi connectivity index (χ1) is 14.8. The first kappa shape index (κ1) is 23.0. The molecule has 5 N–H and O–H groups in total. The van der Waals surface area contributed by atoms with Crippen molar-refractivity contribution < 1.29 is 24.2 Å². The predicted molar refractivity (Wildman–Crippen MR) is 114 cm³/mol. The number of nitrogens with one attached hydrogen (secondary N) is 2. The molecule has 0 radical (unpaired) electrons. The molecule has 31 heavy (non-hydrogen) atoms. The maximum atomic E-state index is 13.6. The number of likely N-dealkylation sites (tertiary alicyclic amines) is 1. The summed E-state index contributed by atoms with van der Waals surface area (Å²) in [5, 5.41) is 15.8. The fraction of sp³-hybridized carbons (Fsp3) is 0.591. The third-order valence-corrected chi connectivity index (χ3v) is 6.24. The highest BCUT2D eigenvalue weighted by molar-refractivity contribution is 5.96. The number of amides is 3. The summed E-state index contributed by atoms with van der Waals surface area (Å²) in [5.41, 5.74) is 5.04. The number of primary amides is 1. The van der Waals surface area contributed by atoms with Gasteiger partial charge in [0.1, 0.15) is 17.3 Å². The van der Waals surface area contributed by atoms with E-state index in [2.05, 4.69) is 10.6 Å². The topological polar surface area (TPSA) is 134 Å². The Kier molecular flexibility index (Phi) is 7.17. The van der Waals surface area contributed by atoms with E-state index >= 15 is 0 Å². The fourth-order valence-electron chi connectivity index (χ4n) is 4.61. The molecule has 4 atom stereocenters. The number of carbonyl (C=O) groups is 3. The molecule has 0 aliphatic carbocycles. The van der Waals surface area contributed by atoms with Gasteiger partial charge in [-0.1, -0.05) is 12.1 Å². The molecule has 9 nitrogen and oxygen atoms in total. The lowest BCUT2D eigenvalue weighted by Crippen LogP contribution is -2.64. The number of methoxy groups -OCH3 is 1. The average molecular weight is 433 g/mol. The van der Waals surface area contributed by atoms with E-state index in [9.17, 15) is 19.5 Å². The summed E-state index contributed by atoms with van der Waals surface area (Å²) >= 11 is 0. The fourth-order valence-corrected chi connectivity index (χ4v) is 4.61. The zero-order chi connectivity index (χ0) is 22.6. The third-order valence-electron chi connectivity index (χ3n) is 6.24. The van der Waals surface area contributed by atoms with Crippen molar-refractivity contribution in [2.75, 3.05) is 20.2 Å². The SMILES string of the molecule is COc1cccc(CC2(C(=O)N[C@H](C(N)=O)[C@@H](C)O)CCCN2C(=O)C2CCCN2)c1. The average Bonchev–Trinajstić information content (AvgIpc) is 3.42. The molecule has 0 aromatic heterocycles. The van der Waals surface area contributed by atoms with Crippen LogP contribution in [-0.2, 0) is 20.8 Å². The molecule has 2 fully saturated rings. The van der Waals surface area contributed by atoms with E-state index in [1.54, 1.807) is 12.0 Å². The third kappa shape index (κ3) is 4.83. The Morgan fingerprint density at radius 1 is 1.39 bits per heavy atom. The van der Waals surface area contributed by atoms with Crippen molar-refractivity contribution >= 4 is 17.7 Å². The first-order valence-corrected chi connectivity index (χ1v) is 10.7. The molecule has 2 unspecified atom stereocenters. The molecule has 1 aromatic carbocycles. The number of hydrogen-bond donors (Lipinski definition) is 4. The minimum atomic E-state index is -1.24. The summed E-state index contributed by atoms with van der Waals surface area (Å²) in [5.74, 6) is -0.766. The molecule has 3 rings (SSSR count). The van der Waals surface area contributed by atoms with Crippen molar-refractivity contribution in [2.45, 2.75) is 62.8 Å². The molecule has 0 bridgehead atoms. The molecule has 170 valence electrons. The van der Waals surface area contributed by atoms with Crippen LogP contribution >= 0.6 is 0 Å². The zero-order valence-corrected chi connectivity index (χ0v) is 18.1. The van der Waals surface area contributed by atoms with Gasteiger partial charge < -0.3 is 31.1 Å².